The summed E-state index contributed by atoms with van der Waals surface area (Å²) in [5, 5.41) is 6.76. The first-order valence-electron chi connectivity index (χ1n) is 8.05. The molecule has 1 aromatic heterocycles. The third-order valence-electron chi connectivity index (χ3n) is 4.15. The molecule has 2 aromatic rings. The quantitative estimate of drug-likeness (QED) is 0.805. The molecule has 0 radical (unpaired) electrons. The molecule has 8 nitrogen and oxygen atoms in total. The number of hydrogen-bond donors (Lipinski definition) is 1. The Balaban J connectivity index is 1.73. The van der Waals surface area contributed by atoms with Gasteiger partial charge in [0.05, 0.1) is 20.1 Å². The van der Waals surface area contributed by atoms with E-state index >= 15 is 0 Å². The van der Waals surface area contributed by atoms with E-state index in [2.05, 4.69) is 20.2 Å². The normalized spacial score (nSPS) is 18.0. The largest absolute Gasteiger partial charge is 0.469 e. The minimum Gasteiger partial charge on any atom is -0.469 e. The smallest absolute Gasteiger partial charge is 0.307 e. The lowest BCUT2D eigenvalue weighted by molar-refractivity contribution is -0.146. The number of nitrogens with one attached hydrogen (secondary N) is 1. The summed E-state index contributed by atoms with van der Waals surface area (Å²) in [6.45, 7) is 3.41. The highest BCUT2D eigenvalue weighted by Crippen LogP contribution is 2.18. The van der Waals surface area contributed by atoms with Crippen molar-refractivity contribution in [3.63, 3.8) is 0 Å². The number of piperazine rings is 1. The van der Waals surface area contributed by atoms with Crippen LogP contribution in [0.3, 0.4) is 0 Å². The van der Waals surface area contributed by atoms with Crippen LogP contribution in [0.5, 0.6) is 0 Å². The Morgan fingerprint density at radius 1 is 1.40 bits per heavy atom. The molecule has 1 N–H and O–H groups in total. The van der Waals surface area contributed by atoms with E-state index in [1.807, 2.05) is 36.1 Å². The molecule has 132 valence electrons. The summed E-state index contributed by atoms with van der Waals surface area (Å²) in [5.41, 5.74) is 2.01. The Morgan fingerprint density at radius 3 is 2.88 bits per heavy atom. The average Bonchev–Trinajstić information content (AvgIpc) is 3.07. The molecule has 1 aromatic carbocycles. The van der Waals surface area contributed by atoms with Crippen molar-refractivity contribution < 1.29 is 18.8 Å². The van der Waals surface area contributed by atoms with Gasteiger partial charge in [-0.2, -0.15) is 4.98 Å². The summed E-state index contributed by atoms with van der Waals surface area (Å²) in [5.74, 6) is 0.272. The monoisotopic (exact) mass is 344 g/mol. The summed E-state index contributed by atoms with van der Waals surface area (Å²) in [6.07, 6.45) is -0.0126. The molecule has 0 spiro atoms. The summed E-state index contributed by atoms with van der Waals surface area (Å²) in [7, 11) is 1.30. The Morgan fingerprint density at radius 2 is 2.16 bits per heavy atom. The lowest BCUT2D eigenvalue weighted by Crippen LogP contribution is -2.55. The van der Waals surface area contributed by atoms with Crippen molar-refractivity contribution in [2.75, 3.05) is 20.2 Å². The van der Waals surface area contributed by atoms with Gasteiger partial charge in [-0.3, -0.25) is 14.5 Å². The number of esters is 1. The second-order valence-corrected chi connectivity index (χ2v) is 5.94. The molecule has 25 heavy (non-hydrogen) atoms. The van der Waals surface area contributed by atoms with Gasteiger partial charge >= 0.3 is 5.97 Å². The van der Waals surface area contributed by atoms with Crippen LogP contribution >= 0.6 is 0 Å². The van der Waals surface area contributed by atoms with Crippen molar-refractivity contribution in [2.24, 2.45) is 0 Å². The van der Waals surface area contributed by atoms with Crippen molar-refractivity contribution in [1.82, 2.24) is 20.4 Å². The number of aromatic nitrogens is 2. The zero-order valence-corrected chi connectivity index (χ0v) is 14.2. The van der Waals surface area contributed by atoms with Crippen LogP contribution in [-0.4, -0.2) is 53.2 Å². The van der Waals surface area contributed by atoms with Crippen molar-refractivity contribution in [1.29, 1.82) is 0 Å². The van der Waals surface area contributed by atoms with Crippen molar-refractivity contribution in [3.05, 3.63) is 35.7 Å². The molecule has 1 amide bonds. The number of carbonyl (C=O) groups excluding carboxylic acids is 2. The van der Waals surface area contributed by atoms with Gasteiger partial charge < -0.3 is 14.6 Å². The molecule has 2 heterocycles. The van der Waals surface area contributed by atoms with E-state index in [1.165, 1.54) is 7.11 Å². The van der Waals surface area contributed by atoms with E-state index in [9.17, 15) is 9.59 Å². The number of methoxy groups -OCH3 is 1. The minimum absolute atomic E-state index is 0.0126. The van der Waals surface area contributed by atoms with Crippen molar-refractivity contribution >= 4 is 11.9 Å². The highest BCUT2D eigenvalue weighted by molar-refractivity contribution is 5.87. The van der Waals surface area contributed by atoms with E-state index in [4.69, 9.17) is 4.52 Å². The predicted molar refractivity (Wildman–Crippen MR) is 88.3 cm³/mol. The molecule has 0 aliphatic carbocycles. The summed E-state index contributed by atoms with van der Waals surface area (Å²) in [6, 6.07) is 7.21. The Hall–Kier alpha value is -2.74. The van der Waals surface area contributed by atoms with Crippen LogP contribution in [0.4, 0.5) is 0 Å². The topological polar surface area (TPSA) is 97.6 Å². The number of carbonyl (C=O) groups is 2. The fourth-order valence-corrected chi connectivity index (χ4v) is 2.73. The number of nitrogens with zero attached hydrogens (tertiary/aromatic N) is 3. The number of ether oxygens (including phenoxy) is 1. The maximum absolute atomic E-state index is 12.1. The molecule has 1 saturated heterocycles. The van der Waals surface area contributed by atoms with Gasteiger partial charge in [0.1, 0.15) is 6.04 Å². The van der Waals surface area contributed by atoms with Crippen LogP contribution in [0.25, 0.3) is 11.4 Å². The Labute approximate surface area is 145 Å². The molecule has 1 aliphatic rings. The highest BCUT2D eigenvalue weighted by Gasteiger charge is 2.33. The summed E-state index contributed by atoms with van der Waals surface area (Å²) in [4.78, 5) is 29.9. The van der Waals surface area contributed by atoms with Gasteiger partial charge in [0.25, 0.3) is 0 Å². The first-order chi connectivity index (χ1) is 12.1. The lowest BCUT2D eigenvalue weighted by atomic mass is 10.1. The molecule has 1 atom stereocenters. The molecule has 3 rings (SSSR count). The lowest BCUT2D eigenvalue weighted by Gasteiger charge is -2.33. The number of aryl methyl sites for hydroxylation is 1. The van der Waals surface area contributed by atoms with E-state index in [0.29, 0.717) is 31.3 Å². The maximum atomic E-state index is 12.1. The van der Waals surface area contributed by atoms with Crippen LogP contribution < -0.4 is 5.32 Å². The van der Waals surface area contributed by atoms with Crippen molar-refractivity contribution in [3.8, 4) is 11.4 Å². The second-order valence-electron chi connectivity index (χ2n) is 5.94. The van der Waals surface area contributed by atoms with E-state index in [-0.39, 0.29) is 12.3 Å². The number of amides is 1. The first kappa shape index (κ1) is 17.1. The number of rotatable bonds is 5. The van der Waals surface area contributed by atoms with Gasteiger partial charge in [-0.15, -0.1) is 0 Å². The fraction of sp³-hybridized carbons (Fsp3) is 0.412. The van der Waals surface area contributed by atoms with Crippen LogP contribution in [0, 0.1) is 6.92 Å². The van der Waals surface area contributed by atoms with Gasteiger partial charge in [0.2, 0.25) is 17.6 Å². The van der Waals surface area contributed by atoms with Crippen LogP contribution in [0.1, 0.15) is 17.9 Å². The molecule has 0 saturated carbocycles. The molecular weight excluding hydrogens is 324 g/mol. The van der Waals surface area contributed by atoms with Crippen LogP contribution in [0.15, 0.2) is 28.8 Å². The van der Waals surface area contributed by atoms with Crippen molar-refractivity contribution in [2.45, 2.75) is 25.9 Å². The first-order valence-corrected chi connectivity index (χ1v) is 8.05. The molecular formula is C17H20N4O4. The minimum atomic E-state index is -0.601. The molecule has 1 aliphatic heterocycles. The average molecular weight is 344 g/mol. The zero-order valence-electron chi connectivity index (χ0n) is 14.2. The van der Waals surface area contributed by atoms with Crippen LogP contribution in [0.2, 0.25) is 0 Å². The molecule has 1 fully saturated rings. The summed E-state index contributed by atoms with van der Waals surface area (Å²) < 4.78 is 9.99. The number of hydrogen-bond acceptors (Lipinski definition) is 7. The van der Waals surface area contributed by atoms with Crippen LogP contribution in [-0.2, 0) is 20.9 Å². The highest BCUT2D eigenvalue weighted by atomic mass is 16.5. The van der Waals surface area contributed by atoms with Gasteiger partial charge in [-0.1, -0.05) is 35.0 Å². The van der Waals surface area contributed by atoms with E-state index < -0.39 is 12.0 Å². The third-order valence-corrected chi connectivity index (χ3v) is 4.15. The Kier molecular flexibility index (Phi) is 5.08. The Bertz CT molecular complexity index is 756. The van der Waals surface area contributed by atoms with E-state index in [0.717, 1.165) is 11.1 Å². The SMILES string of the molecule is COC(=O)CC1C(=O)NCCN1Cc1nc(-c2ccc(C)cc2)no1. The second kappa shape index (κ2) is 7.43. The van der Waals surface area contributed by atoms with Gasteiger partial charge in [0, 0.05) is 18.7 Å². The van der Waals surface area contributed by atoms with Gasteiger partial charge in [-0.05, 0) is 6.92 Å². The molecule has 1 unspecified atom stereocenters. The van der Waals surface area contributed by atoms with Gasteiger partial charge in [0.15, 0.2) is 0 Å². The molecule has 0 bridgehead atoms. The maximum Gasteiger partial charge on any atom is 0.307 e. The summed E-state index contributed by atoms with van der Waals surface area (Å²) >= 11 is 0. The zero-order chi connectivity index (χ0) is 17.8. The third kappa shape index (κ3) is 4.03. The molecule has 8 heteroatoms. The number of benzene rings is 1. The predicted octanol–water partition coefficient (Wildman–Crippen LogP) is 0.909. The van der Waals surface area contributed by atoms with E-state index in [1.54, 1.807) is 0 Å². The standard InChI is InChI=1S/C17H20N4O4/c1-11-3-5-12(6-4-11)16-19-14(25-20-16)10-21-8-7-18-17(23)13(21)9-15(22)24-2/h3-6,13H,7-10H2,1-2H3,(H,18,23). The van der Waals surface area contributed by atoms with Gasteiger partial charge in [-0.25, -0.2) is 0 Å². The fourth-order valence-electron chi connectivity index (χ4n) is 2.73.